The lowest BCUT2D eigenvalue weighted by Crippen LogP contribution is -2.30. The molecule has 0 bridgehead atoms. The van der Waals surface area contributed by atoms with E-state index in [0.29, 0.717) is 25.7 Å². The number of aliphatic hydroxyl groups excluding tert-OH is 1. The number of esters is 4. The second kappa shape index (κ2) is 74.9. The maximum Gasteiger partial charge on any atom is 0.472 e. The Kier molecular flexibility index (Phi) is 73.5. The van der Waals surface area contributed by atoms with Gasteiger partial charge >= 0.3 is 39.5 Å². The molecule has 600 valence electrons. The Hall–Kier alpha value is -1.94. The first-order valence-electron chi connectivity index (χ1n) is 42.6. The van der Waals surface area contributed by atoms with Crippen molar-refractivity contribution >= 4 is 39.5 Å². The molecule has 5 atom stereocenters. The summed E-state index contributed by atoms with van der Waals surface area (Å²) in [5.41, 5.74) is 0. The number of ether oxygens (including phenoxy) is 4. The van der Waals surface area contributed by atoms with Gasteiger partial charge < -0.3 is 33.8 Å². The van der Waals surface area contributed by atoms with Crippen molar-refractivity contribution in [2.24, 2.45) is 5.92 Å². The van der Waals surface area contributed by atoms with Gasteiger partial charge in [-0.05, 0) is 31.6 Å². The van der Waals surface area contributed by atoms with E-state index >= 15 is 0 Å². The molecule has 0 radical (unpaired) electrons. The summed E-state index contributed by atoms with van der Waals surface area (Å²) in [6, 6.07) is 0. The number of rotatable bonds is 82. The summed E-state index contributed by atoms with van der Waals surface area (Å²) in [4.78, 5) is 73.1. The molecule has 101 heavy (non-hydrogen) atoms. The summed E-state index contributed by atoms with van der Waals surface area (Å²) in [5, 5.41) is 10.7. The van der Waals surface area contributed by atoms with Gasteiger partial charge in [0.2, 0.25) is 0 Å². The normalized spacial score (nSPS) is 13.8. The fourth-order valence-electron chi connectivity index (χ4n) is 12.8. The van der Waals surface area contributed by atoms with Crippen LogP contribution in [0, 0.1) is 5.92 Å². The highest BCUT2D eigenvalue weighted by Gasteiger charge is 2.30. The van der Waals surface area contributed by atoms with E-state index in [-0.39, 0.29) is 25.7 Å². The van der Waals surface area contributed by atoms with Crippen molar-refractivity contribution in [1.29, 1.82) is 0 Å². The fourth-order valence-corrected chi connectivity index (χ4v) is 14.3. The molecule has 2 unspecified atom stereocenters. The molecule has 0 spiro atoms. The molecule has 3 N–H and O–H groups in total. The zero-order chi connectivity index (χ0) is 74.1. The molecule has 0 aliphatic carbocycles. The van der Waals surface area contributed by atoms with Crippen molar-refractivity contribution in [1.82, 2.24) is 0 Å². The predicted molar refractivity (Wildman–Crippen MR) is 414 cm³/mol. The number of phosphoric ester groups is 2. The molecule has 0 amide bonds. The number of hydrogen-bond donors (Lipinski definition) is 3. The zero-order valence-corrected chi connectivity index (χ0v) is 67.8. The van der Waals surface area contributed by atoms with E-state index in [1.807, 2.05) is 0 Å². The number of carbonyl (C=O) groups is 4. The van der Waals surface area contributed by atoms with Crippen molar-refractivity contribution in [3.8, 4) is 0 Å². The minimum absolute atomic E-state index is 0.108. The van der Waals surface area contributed by atoms with Gasteiger partial charge in [-0.3, -0.25) is 37.3 Å². The number of hydrogen-bond acceptors (Lipinski definition) is 15. The second-order valence-electron chi connectivity index (χ2n) is 30.0. The standard InChI is InChI=1S/C82H160O17P2/c1-6-9-12-15-18-21-24-27-30-32-33-35-38-41-48-53-58-63-68-82(87)98-77(71-92-79(84)65-60-55-50-45-39-37-34-31-28-25-22-19-16-13-10-7-2)73-96-100(88,89)94-69-76(83)70-95-101(90,91)97-74-78(72-93-80(85)66-61-56-51-46-43-42-44-49-54-59-64-75(4)5)99-81(86)67-62-57-52-47-40-36-29-26-23-20-17-14-11-8-3/h75-78,83H,6-74H2,1-5H3,(H,88,89)(H,90,91)/t76-,77-,78-/m1/s1. The van der Waals surface area contributed by atoms with Crippen LogP contribution >= 0.6 is 15.6 Å². The van der Waals surface area contributed by atoms with Crippen LogP contribution in [0.3, 0.4) is 0 Å². The third-order valence-corrected chi connectivity index (χ3v) is 21.2. The molecule has 0 aliphatic rings. The monoisotopic (exact) mass is 1480 g/mol. The van der Waals surface area contributed by atoms with Crippen molar-refractivity contribution in [3.05, 3.63) is 0 Å². The van der Waals surface area contributed by atoms with Gasteiger partial charge in [-0.2, -0.15) is 0 Å². The van der Waals surface area contributed by atoms with Crippen LogP contribution in [0.4, 0.5) is 0 Å². The first-order chi connectivity index (χ1) is 49.0. The van der Waals surface area contributed by atoms with Crippen LogP contribution in [-0.4, -0.2) is 96.7 Å². The Bertz CT molecular complexity index is 1930. The smallest absolute Gasteiger partial charge is 0.462 e. The van der Waals surface area contributed by atoms with Gasteiger partial charge in [0.1, 0.15) is 19.3 Å². The Balaban J connectivity index is 5.26. The molecule has 0 saturated carbocycles. The SMILES string of the molecule is CCCCCCCCCCCCCCCCCCCCC(=O)O[C@H](COC(=O)CCCCCCCCCCCCCCCCCC)COP(=O)(O)OC[C@@H](O)COP(=O)(O)OC[C@@H](COC(=O)CCCCCCCCCCCCC(C)C)OC(=O)CCCCCCCCCCCCCCCC. The highest BCUT2D eigenvalue weighted by Crippen LogP contribution is 2.45. The summed E-state index contributed by atoms with van der Waals surface area (Å²) in [5.74, 6) is -1.34. The first-order valence-corrected chi connectivity index (χ1v) is 45.6. The van der Waals surface area contributed by atoms with Gasteiger partial charge in [-0.1, -0.05) is 388 Å². The molecular formula is C82H160O17P2. The molecule has 0 aromatic rings. The number of phosphoric acid groups is 2. The zero-order valence-electron chi connectivity index (χ0n) is 66.1. The molecule has 0 heterocycles. The van der Waals surface area contributed by atoms with Gasteiger partial charge in [-0.25, -0.2) is 9.13 Å². The highest BCUT2D eigenvalue weighted by molar-refractivity contribution is 7.47. The fraction of sp³-hybridized carbons (Fsp3) is 0.951. The van der Waals surface area contributed by atoms with E-state index in [4.69, 9.17) is 37.0 Å². The van der Waals surface area contributed by atoms with E-state index < -0.39 is 97.5 Å². The van der Waals surface area contributed by atoms with Crippen molar-refractivity contribution in [2.75, 3.05) is 39.6 Å². The lowest BCUT2D eigenvalue weighted by molar-refractivity contribution is -0.161. The van der Waals surface area contributed by atoms with Crippen LogP contribution in [0.25, 0.3) is 0 Å². The Labute approximate surface area is 619 Å². The lowest BCUT2D eigenvalue weighted by Gasteiger charge is -2.21. The highest BCUT2D eigenvalue weighted by atomic mass is 31.2. The largest absolute Gasteiger partial charge is 0.472 e. The molecule has 19 heteroatoms. The number of aliphatic hydroxyl groups is 1. The minimum atomic E-state index is -4.96. The number of unbranched alkanes of at least 4 members (excludes halogenated alkanes) is 54. The Morgan fingerprint density at radius 3 is 0.673 bits per heavy atom. The van der Waals surface area contributed by atoms with E-state index in [0.717, 1.165) is 95.8 Å². The maximum atomic E-state index is 13.1. The average molecular weight is 1480 g/mol. The molecule has 0 aromatic heterocycles. The van der Waals surface area contributed by atoms with Gasteiger partial charge in [0.05, 0.1) is 26.4 Å². The van der Waals surface area contributed by atoms with Gasteiger partial charge in [0.25, 0.3) is 0 Å². The minimum Gasteiger partial charge on any atom is -0.462 e. The van der Waals surface area contributed by atoms with E-state index in [2.05, 4.69) is 34.6 Å². The summed E-state index contributed by atoms with van der Waals surface area (Å²) in [6.07, 6.45) is 66.5. The Morgan fingerprint density at radius 2 is 0.455 bits per heavy atom. The topological polar surface area (TPSA) is 237 Å². The summed E-state index contributed by atoms with van der Waals surface area (Å²) >= 11 is 0. The van der Waals surface area contributed by atoms with Crippen LogP contribution in [0.5, 0.6) is 0 Å². The van der Waals surface area contributed by atoms with Crippen molar-refractivity contribution in [3.63, 3.8) is 0 Å². The second-order valence-corrected chi connectivity index (χ2v) is 32.9. The molecule has 0 aliphatic heterocycles. The molecule has 0 aromatic carbocycles. The Morgan fingerprint density at radius 1 is 0.267 bits per heavy atom. The van der Waals surface area contributed by atoms with Crippen LogP contribution in [-0.2, 0) is 65.4 Å². The van der Waals surface area contributed by atoms with Crippen molar-refractivity contribution in [2.45, 2.75) is 457 Å². The molecule has 0 rings (SSSR count). The van der Waals surface area contributed by atoms with E-state index in [1.165, 1.54) is 263 Å². The van der Waals surface area contributed by atoms with Gasteiger partial charge in [0.15, 0.2) is 12.2 Å². The van der Waals surface area contributed by atoms with Crippen molar-refractivity contribution < 1.29 is 80.2 Å². The molecular weight excluding hydrogens is 1320 g/mol. The summed E-state index contributed by atoms with van der Waals surface area (Å²) in [7, 11) is -9.92. The van der Waals surface area contributed by atoms with E-state index in [9.17, 15) is 43.2 Å². The molecule has 17 nitrogen and oxygen atoms in total. The first kappa shape index (κ1) is 99.1. The molecule has 0 fully saturated rings. The third kappa shape index (κ3) is 76.1. The van der Waals surface area contributed by atoms with E-state index in [1.54, 1.807) is 0 Å². The van der Waals surface area contributed by atoms with Crippen LogP contribution in [0.15, 0.2) is 0 Å². The predicted octanol–water partition coefficient (Wildman–Crippen LogP) is 24.8. The van der Waals surface area contributed by atoms with Crippen LogP contribution in [0.1, 0.15) is 439 Å². The third-order valence-electron chi connectivity index (χ3n) is 19.3. The number of carbonyl (C=O) groups excluding carboxylic acids is 4. The lowest BCUT2D eigenvalue weighted by atomic mass is 10.0. The summed E-state index contributed by atoms with van der Waals surface area (Å²) in [6.45, 7) is 7.34. The van der Waals surface area contributed by atoms with Crippen LogP contribution in [0.2, 0.25) is 0 Å². The van der Waals surface area contributed by atoms with Crippen LogP contribution < -0.4 is 0 Å². The quantitative estimate of drug-likeness (QED) is 0.0222. The van der Waals surface area contributed by atoms with Gasteiger partial charge in [-0.15, -0.1) is 0 Å². The molecule has 0 saturated heterocycles. The average Bonchev–Trinajstić information content (AvgIpc) is 0.927. The maximum absolute atomic E-state index is 13.1. The van der Waals surface area contributed by atoms with Gasteiger partial charge in [0, 0.05) is 25.7 Å². The summed E-state index contributed by atoms with van der Waals surface area (Å²) < 4.78 is 68.8.